The van der Waals surface area contributed by atoms with Crippen LogP contribution < -0.4 is 15.5 Å². The fraction of sp³-hybridized carbons (Fsp3) is 0.400. The lowest BCUT2D eigenvalue weighted by Gasteiger charge is -2.51. The van der Waals surface area contributed by atoms with Crippen LogP contribution in [0.3, 0.4) is 0 Å². The molecule has 3 aliphatic rings. The Hall–Kier alpha value is -3.01. The zero-order chi connectivity index (χ0) is 17.8. The second-order valence-electron chi connectivity index (χ2n) is 6.24. The first kappa shape index (κ1) is 15.5. The number of anilines is 1. The molecule has 1 aromatic rings. The fourth-order valence-corrected chi connectivity index (χ4v) is 3.85. The Morgan fingerprint density at radius 3 is 2.64 bits per heavy atom. The molecule has 3 aliphatic heterocycles. The first-order chi connectivity index (χ1) is 11.9. The van der Waals surface area contributed by atoms with Gasteiger partial charge in [0, 0.05) is 30.8 Å². The first-order valence-corrected chi connectivity index (χ1v) is 7.72. The number of hydrogen-bond acceptors (Lipinski definition) is 7. The van der Waals surface area contributed by atoms with Crippen LogP contribution in [0.4, 0.5) is 16.2 Å². The first-order valence-electron chi connectivity index (χ1n) is 7.72. The van der Waals surface area contributed by atoms with Crippen molar-refractivity contribution in [2.75, 3.05) is 24.7 Å². The highest BCUT2D eigenvalue weighted by molar-refractivity contribution is 6.20. The number of hydrogen-bond donors (Lipinski definition) is 2. The molecule has 2 saturated heterocycles. The Morgan fingerprint density at radius 2 is 1.96 bits per heavy atom. The van der Waals surface area contributed by atoms with Crippen LogP contribution in [0, 0.1) is 15.5 Å². The second-order valence-corrected chi connectivity index (χ2v) is 6.24. The number of imide groups is 2. The topological polar surface area (TPSA) is 131 Å². The molecule has 130 valence electrons. The standard InChI is InChI=1S/C15H14N4O6/c20-12-15(13(21)17-14(22)16-12)6-8-5-9(19(23)24)1-2-10(8)18-3-4-25-7-11(15)18/h1-2,5,11H,3-4,6-7H2,(H2,16,17,20,21,22). The van der Waals surface area contributed by atoms with Gasteiger partial charge in [-0.2, -0.15) is 0 Å². The number of urea groups is 1. The number of carbonyl (C=O) groups is 3. The predicted octanol–water partition coefficient (Wildman–Crippen LogP) is -0.292. The van der Waals surface area contributed by atoms with Crippen LogP contribution in [0.1, 0.15) is 5.56 Å². The maximum absolute atomic E-state index is 12.7. The van der Waals surface area contributed by atoms with Crippen LogP contribution in [0.25, 0.3) is 0 Å². The lowest BCUT2D eigenvalue weighted by atomic mass is 9.68. The number of nitro benzene ring substituents is 1. The minimum Gasteiger partial charge on any atom is -0.377 e. The van der Waals surface area contributed by atoms with Gasteiger partial charge in [-0.3, -0.25) is 30.3 Å². The summed E-state index contributed by atoms with van der Waals surface area (Å²) >= 11 is 0. The molecule has 2 fully saturated rings. The van der Waals surface area contributed by atoms with Crippen LogP contribution in [0.15, 0.2) is 18.2 Å². The Balaban J connectivity index is 1.88. The van der Waals surface area contributed by atoms with E-state index in [1.54, 1.807) is 6.07 Å². The zero-order valence-electron chi connectivity index (χ0n) is 13.0. The molecule has 0 aliphatic carbocycles. The van der Waals surface area contributed by atoms with Gasteiger partial charge in [-0.1, -0.05) is 0 Å². The lowest BCUT2D eigenvalue weighted by molar-refractivity contribution is -0.384. The normalized spacial score (nSPS) is 24.2. The fourth-order valence-electron chi connectivity index (χ4n) is 3.85. The number of nitro groups is 1. The summed E-state index contributed by atoms with van der Waals surface area (Å²) < 4.78 is 5.47. The molecule has 0 saturated carbocycles. The molecule has 10 heteroatoms. The highest BCUT2D eigenvalue weighted by atomic mass is 16.6. The van der Waals surface area contributed by atoms with Crippen molar-refractivity contribution in [1.82, 2.24) is 10.6 Å². The molecule has 3 heterocycles. The van der Waals surface area contributed by atoms with Gasteiger partial charge >= 0.3 is 6.03 Å². The van der Waals surface area contributed by atoms with Gasteiger partial charge < -0.3 is 9.64 Å². The average molecular weight is 346 g/mol. The summed E-state index contributed by atoms with van der Waals surface area (Å²) in [5, 5.41) is 15.4. The molecule has 4 amide bonds. The van der Waals surface area contributed by atoms with Crippen molar-refractivity contribution in [2.24, 2.45) is 5.41 Å². The Kier molecular flexibility index (Phi) is 3.25. The summed E-state index contributed by atoms with van der Waals surface area (Å²) in [6.07, 6.45) is -0.0422. The molecule has 1 unspecified atom stereocenters. The minimum atomic E-state index is -1.57. The van der Waals surface area contributed by atoms with E-state index in [2.05, 4.69) is 10.6 Å². The van der Waals surface area contributed by atoms with Crippen LogP contribution in [0.5, 0.6) is 0 Å². The van der Waals surface area contributed by atoms with Crippen molar-refractivity contribution >= 4 is 29.2 Å². The van der Waals surface area contributed by atoms with Gasteiger partial charge in [0.25, 0.3) is 5.69 Å². The zero-order valence-corrected chi connectivity index (χ0v) is 13.0. The highest BCUT2D eigenvalue weighted by Gasteiger charge is 2.60. The third-order valence-electron chi connectivity index (χ3n) is 5.01. The number of morpholine rings is 1. The lowest BCUT2D eigenvalue weighted by Crippen LogP contribution is -2.73. The average Bonchev–Trinajstić information content (AvgIpc) is 2.58. The number of carbonyl (C=O) groups excluding carboxylic acids is 3. The molecule has 0 aromatic heterocycles. The minimum absolute atomic E-state index is 0.0422. The van der Waals surface area contributed by atoms with Gasteiger partial charge in [-0.15, -0.1) is 0 Å². The molecule has 10 nitrogen and oxygen atoms in total. The van der Waals surface area contributed by atoms with E-state index in [9.17, 15) is 24.5 Å². The van der Waals surface area contributed by atoms with Gasteiger partial charge in [0.05, 0.1) is 24.2 Å². The van der Waals surface area contributed by atoms with E-state index in [0.29, 0.717) is 18.7 Å². The third-order valence-corrected chi connectivity index (χ3v) is 5.01. The quantitative estimate of drug-likeness (QED) is 0.406. The molecule has 0 radical (unpaired) electrons. The number of non-ortho nitro benzene ring substituents is 1. The van der Waals surface area contributed by atoms with Crippen molar-refractivity contribution in [3.05, 3.63) is 33.9 Å². The van der Waals surface area contributed by atoms with Gasteiger partial charge in [0.1, 0.15) is 0 Å². The molecule has 4 rings (SSSR count). The molecule has 0 bridgehead atoms. The molecule has 1 aromatic carbocycles. The van der Waals surface area contributed by atoms with Crippen LogP contribution in [-0.4, -0.2) is 48.6 Å². The van der Waals surface area contributed by atoms with Crippen molar-refractivity contribution in [1.29, 1.82) is 0 Å². The number of nitrogens with zero attached hydrogens (tertiary/aromatic N) is 2. The van der Waals surface area contributed by atoms with E-state index in [4.69, 9.17) is 4.74 Å². The van der Waals surface area contributed by atoms with Gasteiger partial charge in [-0.25, -0.2) is 4.79 Å². The Morgan fingerprint density at radius 1 is 1.24 bits per heavy atom. The number of barbiturate groups is 1. The molecule has 1 spiro atoms. The Bertz CT molecular complexity index is 802. The van der Waals surface area contributed by atoms with E-state index in [1.165, 1.54) is 12.1 Å². The molecular formula is C15H14N4O6. The largest absolute Gasteiger partial charge is 0.377 e. The van der Waals surface area contributed by atoms with Crippen molar-refractivity contribution in [3.8, 4) is 0 Å². The van der Waals surface area contributed by atoms with Gasteiger partial charge in [0.15, 0.2) is 5.41 Å². The smallest absolute Gasteiger partial charge is 0.328 e. The maximum atomic E-state index is 12.7. The van der Waals surface area contributed by atoms with E-state index in [1.807, 2.05) is 4.90 Å². The summed E-state index contributed by atoms with van der Waals surface area (Å²) in [6, 6.07) is 2.94. The summed E-state index contributed by atoms with van der Waals surface area (Å²) in [5.41, 5.74) is -0.432. The highest BCUT2D eigenvalue weighted by Crippen LogP contribution is 2.44. The van der Waals surface area contributed by atoms with E-state index >= 15 is 0 Å². The molecule has 25 heavy (non-hydrogen) atoms. The molecule has 1 atom stereocenters. The van der Waals surface area contributed by atoms with Gasteiger partial charge in [0.2, 0.25) is 11.8 Å². The molecule has 2 N–H and O–H groups in total. The number of ether oxygens (including phenoxy) is 1. The van der Waals surface area contributed by atoms with Crippen LogP contribution in [0.2, 0.25) is 0 Å². The molecular weight excluding hydrogens is 332 g/mol. The monoisotopic (exact) mass is 346 g/mol. The summed E-state index contributed by atoms with van der Waals surface area (Å²) in [7, 11) is 0. The third kappa shape index (κ3) is 2.10. The predicted molar refractivity (Wildman–Crippen MR) is 82.9 cm³/mol. The number of fused-ring (bicyclic) bond motifs is 4. The number of benzene rings is 1. The number of rotatable bonds is 1. The maximum Gasteiger partial charge on any atom is 0.328 e. The van der Waals surface area contributed by atoms with E-state index < -0.39 is 34.2 Å². The van der Waals surface area contributed by atoms with Crippen LogP contribution >= 0.6 is 0 Å². The Labute approximate surface area is 141 Å². The summed E-state index contributed by atoms with van der Waals surface area (Å²) in [6.45, 7) is 0.988. The second kappa shape index (κ2) is 5.24. The van der Waals surface area contributed by atoms with E-state index in [0.717, 1.165) is 5.69 Å². The number of nitrogens with one attached hydrogen (secondary N) is 2. The summed E-state index contributed by atoms with van der Waals surface area (Å²) in [5.74, 6) is -1.42. The number of amides is 4. The van der Waals surface area contributed by atoms with Crippen molar-refractivity contribution in [3.63, 3.8) is 0 Å². The van der Waals surface area contributed by atoms with Crippen LogP contribution in [-0.2, 0) is 20.7 Å². The summed E-state index contributed by atoms with van der Waals surface area (Å²) in [4.78, 5) is 49.2. The van der Waals surface area contributed by atoms with Crippen molar-refractivity contribution < 1.29 is 24.0 Å². The van der Waals surface area contributed by atoms with E-state index in [-0.39, 0.29) is 18.7 Å². The van der Waals surface area contributed by atoms with Gasteiger partial charge in [-0.05, 0) is 11.6 Å². The SMILES string of the molecule is O=C1NC(=O)C2(Cc3cc([N+](=O)[O-])ccc3N3CCOCC32)C(=O)N1. The van der Waals surface area contributed by atoms with Crippen molar-refractivity contribution in [2.45, 2.75) is 12.5 Å².